The average Bonchev–Trinajstić information content (AvgIpc) is 2.87. The lowest BCUT2D eigenvalue weighted by molar-refractivity contribution is -0.137. The highest BCUT2D eigenvalue weighted by Gasteiger charge is 2.30. The van der Waals surface area contributed by atoms with E-state index in [0.717, 1.165) is 57.5 Å². The molecule has 0 saturated carbocycles. The molecule has 2 aromatic rings. The summed E-state index contributed by atoms with van der Waals surface area (Å²) in [5.74, 6) is 0.217. The number of sulfonamides is 1. The summed E-state index contributed by atoms with van der Waals surface area (Å²) in [6.45, 7) is 5.64. The number of amides is 1. The van der Waals surface area contributed by atoms with Gasteiger partial charge in [0.1, 0.15) is 0 Å². The molecule has 35 heavy (non-hydrogen) atoms. The molecule has 2 aliphatic heterocycles. The molecule has 0 radical (unpaired) electrons. The van der Waals surface area contributed by atoms with Crippen LogP contribution in [0, 0.1) is 5.92 Å². The zero-order chi connectivity index (χ0) is 24.8. The monoisotopic (exact) mass is 498 g/mol. The van der Waals surface area contributed by atoms with Crippen molar-refractivity contribution in [1.82, 2.24) is 14.7 Å². The van der Waals surface area contributed by atoms with Gasteiger partial charge >= 0.3 is 0 Å². The van der Waals surface area contributed by atoms with Gasteiger partial charge in [0.15, 0.2) is 0 Å². The summed E-state index contributed by atoms with van der Waals surface area (Å²) in [5, 5.41) is 0. The Bertz CT molecular complexity index is 1080. The second-order valence-electron chi connectivity index (χ2n) is 9.92. The van der Waals surface area contributed by atoms with E-state index in [1.807, 2.05) is 47.4 Å². The first kappa shape index (κ1) is 25.7. The Labute approximate surface area is 210 Å². The summed E-state index contributed by atoms with van der Waals surface area (Å²) in [7, 11) is -1.35. The fourth-order valence-electron chi connectivity index (χ4n) is 5.15. The zero-order valence-corrected chi connectivity index (χ0v) is 21.8. The third-order valence-electron chi connectivity index (χ3n) is 7.17. The molecule has 0 unspecified atom stereocenters. The third-order valence-corrected chi connectivity index (χ3v) is 8.35. The summed E-state index contributed by atoms with van der Waals surface area (Å²) in [6.07, 6.45) is 3.73. The summed E-state index contributed by atoms with van der Waals surface area (Å²) < 4.78 is 27.1. The molecule has 4 rings (SSSR count). The Morgan fingerprint density at radius 1 is 0.886 bits per heavy atom. The number of hydrogen-bond donors (Lipinski definition) is 0. The molecule has 0 aliphatic carbocycles. The van der Waals surface area contributed by atoms with Crippen molar-refractivity contribution in [3.05, 3.63) is 65.7 Å². The van der Waals surface area contributed by atoms with Crippen molar-refractivity contribution in [2.75, 3.05) is 56.9 Å². The molecule has 1 amide bonds. The van der Waals surface area contributed by atoms with Crippen LogP contribution in [0.15, 0.2) is 54.6 Å². The number of carbonyl (C=O) groups excluding carboxylic acids is 1. The number of likely N-dealkylation sites (tertiary alicyclic amines) is 1. The normalized spacial score (nSPS) is 19.7. The van der Waals surface area contributed by atoms with E-state index in [4.69, 9.17) is 0 Å². The molecule has 8 heteroatoms. The highest BCUT2D eigenvalue weighted by molar-refractivity contribution is 7.92. The van der Waals surface area contributed by atoms with Gasteiger partial charge in [0.25, 0.3) is 0 Å². The fraction of sp³-hybridized carbons (Fsp3) is 0.519. The van der Waals surface area contributed by atoms with Crippen molar-refractivity contribution in [3.63, 3.8) is 0 Å². The molecule has 2 heterocycles. The largest absolute Gasteiger partial charge is 0.337 e. The lowest BCUT2D eigenvalue weighted by atomic mass is 9.95. The molecule has 0 bridgehead atoms. The van der Waals surface area contributed by atoms with Crippen molar-refractivity contribution in [2.45, 2.75) is 32.4 Å². The highest BCUT2D eigenvalue weighted by atomic mass is 32.2. The van der Waals surface area contributed by atoms with Gasteiger partial charge in [0.05, 0.1) is 11.9 Å². The van der Waals surface area contributed by atoms with Crippen molar-refractivity contribution in [2.24, 2.45) is 5.92 Å². The molecule has 2 aliphatic rings. The zero-order valence-electron chi connectivity index (χ0n) is 21.0. The van der Waals surface area contributed by atoms with Gasteiger partial charge in [0, 0.05) is 45.2 Å². The smallest absolute Gasteiger partial charge is 0.232 e. The number of carbonyl (C=O) groups is 1. The molecular weight excluding hydrogens is 460 g/mol. The van der Waals surface area contributed by atoms with Gasteiger partial charge in [-0.15, -0.1) is 0 Å². The Balaban J connectivity index is 1.63. The Hall–Kier alpha value is -2.42. The average molecular weight is 499 g/mol. The summed E-state index contributed by atoms with van der Waals surface area (Å²) >= 11 is 0. The number of benzene rings is 2. The molecule has 1 saturated heterocycles. The summed E-state index contributed by atoms with van der Waals surface area (Å²) in [6, 6.07) is 18.0. The first-order valence-electron chi connectivity index (χ1n) is 12.6. The van der Waals surface area contributed by atoms with Crippen LogP contribution in [0.1, 0.15) is 30.4 Å². The molecule has 0 aromatic heterocycles. The van der Waals surface area contributed by atoms with Gasteiger partial charge in [-0.1, -0.05) is 48.5 Å². The van der Waals surface area contributed by atoms with Crippen LogP contribution < -0.4 is 4.31 Å². The first-order chi connectivity index (χ1) is 16.8. The number of anilines is 1. The number of hydrogen-bond acceptors (Lipinski definition) is 5. The van der Waals surface area contributed by atoms with Gasteiger partial charge in [-0.2, -0.15) is 0 Å². The van der Waals surface area contributed by atoms with Crippen LogP contribution in [0.3, 0.4) is 0 Å². The van der Waals surface area contributed by atoms with E-state index in [9.17, 15) is 13.2 Å². The molecule has 190 valence electrons. The summed E-state index contributed by atoms with van der Waals surface area (Å²) in [5.41, 5.74) is 2.79. The lowest BCUT2D eigenvalue weighted by Gasteiger charge is -2.34. The SMILES string of the molecule is CN1CCC(C(=O)N2CCN(Cc3ccccc3)CCCN(S(C)(=O)=O)c3ccccc3C2)CC1. The molecule has 7 nitrogen and oxygen atoms in total. The maximum absolute atomic E-state index is 13.7. The highest BCUT2D eigenvalue weighted by Crippen LogP contribution is 2.27. The Morgan fingerprint density at radius 3 is 2.29 bits per heavy atom. The molecular formula is C27H38N4O3S. The van der Waals surface area contributed by atoms with Crippen molar-refractivity contribution >= 4 is 21.6 Å². The second-order valence-corrected chi connectivity index (χ2v) is 11.8. The predicted molar refractivity (Wildman–Crippen MR) is 141 cm³/mol. The van der Waals surface area contributed by atoms with E-state index in [-0.39, 0.29) is 11.8 Å². The van der Waals surface area contributed by atoms with E-state index in [1.54, 1.807) is 0 Å². The second kappa shape index (κ2) is 11.5. The van der Waals surface area contributed by atoms with E-state index >= 15 is 0 Å². The van der Waals surface area contributed by atoms with Crippen LogP contribution >= 0.6 is 0 Å². The number of para-hydroxylation sites is 1. The minimum absolute atomic E-state index is 0.0251. The van der Waals surface area contributed by atoms with Gasteiger partial charge in [-0.05, 0) is 56.6 Å². The minimum atomic E-state index is -3.45. The maximum Gasteiger partial charge on any atom is 0.232 e. The van der Waals surface area contributed by atoms with E-state index in [2.05, 4.69) is 29.0 Å². The van der Waals surface area contributed by atoms with Crippen molar-refractivity contribution in [3.8, 4) is 0 Å². The van der Waals surface area contributed by atoms with Crippen LogP contribution in [0.5, 0.6) is 0 Å². The van der Waals surface area contributed by atoms with E-state index in [1.165, 1.54) is 16.1 Å². The molecule has 0 spiro atoms. The fourth-order valence-corrected chi connectivity index (χ4v) is 6.15. The number of rotatable bonds is 4. The topological polar surface area (TPSA) is 64.2 Å². The van der Waals surface area contributed by atoms with Gasteiger partial charge in [-0.3, -0.25) is 14.0 Å². The lowest BCUT2D eigenvalue weighted by Crippen LogP contribution is -2.44. The van der Waals surface area contributed by atoms with Gasteiger partial charge in [0.2, 0.25) is 15.9 Å². The Kier molecular flexibility index (Phi) is 8.46. The van der Waals surface area contributed by atoms with Crippen molar-refractivity contribution in [1.29, 1.82) is 0 Å². The van der Waals surface area contributed by atoms with Crippen molar-refractivity contribution < 1.29 is 13.2 Å². The number of piperidine rings is 1. The van der Waals surface area contributed by atoms with Gasteiger partial charge < -0.3 is 9.80 Å². The quantitative estimate of drug-likeness (QED) is 0.649. The predicted octanol–water partition coefficient (Wildman–Crippen LogP) is 3.03. The van der Waals surface area contributed by atoms with Gasteiger partial charge in [-0.25, -0.2) is 8.42 Å². The maximum atomic E-state index is 13.7. The van der Waals surface area contributed by atoms with Crippen LogP contribution in [0.25, 0.3) is 0 Å². The molecule has 2 aromatic carbocycles. The standard InChI is InChI=1S/C27H38N4O3S/c1-28-17-13-24(14-18-28)27(32)30-20-19-29(21-23-9-4-3-5-10-23)15-8-16-31(35(2,33)34)26-12-7-6-11-25(26)22-30/h3-7,9-12,24H,8,13-22H2,1-2H3. The third kappa shape index (κ3) is 6.84. The van der Waals surface area contributed by atoms with E-state index < -0.39 is 10.0 Å². The molecule has 0 N–H and O–H groups in total. The van der Waals surface area contributed by atoms with Crippen LogP contribution in [0.2, 0.25) is 0 Å². The molecule has 0 atom stereocenters. The Morgan fingerprint density at radius 2 is 1.57 bits per heavy atom. The first-order valence-corrected chi connectivity index (χ1v) is 14.5. The van der Waals surface area contributed by atoms with Crippen LogP contribution in [-0.2, 0) is 27.9 Å². The van der Waals surface area contributed by atoms with E-state index in [0.29, 0.717) is 25.3 Å². The van der Waals surface area contributed by atoms with Crippen LogP contribution in [-0.4, -0.2) is 81.6 Å². The minimum Gasteiger partial charge on any atom is -0.337 e. The summed E-state index contributed by atoms with van der Waals surface area (Å²) in [4.78, 5) is 20.3. The molecule has 1 fully saturated rings. The number of nitrogens with zero attached hydrogens (tertiary/aromatic N) is 4. The number of fused-ring (bicyclic) bond motifs is 1. The van der Waals surface area contributed by atoms with Crippen LogP contribution in [0.4, 0.5) is 5.69 Å².